The molecule has 1 atom stereocenters. The highest BCUT2D eigenvalue weighted by atomic mass is 16.5. The molecule has 1 aliphatic rings. The van der Waals surface area contributed by atoms with E-state index >= 15 is 0 Å². The summed E-state index contributed by atoms with van der Waals surface area (Å²) in [4.78, 5) is 13.2. The van der Waals surface area contributed by atoms with Gasteiger partial charge >= 0.3 is 0 Å². The number of carbonyl (C=O) groups is 1. The molecule has 1 saturated heterocycles. The summed E-state index contributed by atoms with van der Waals surface area (Å²) in [5.74, 6) is 0.197. The topological polar surface area (TPSA) is 56.2 Å². The van der Waals surface area contributed by atoms with E-state index in [0.717, 1.165) is 37.4 Å². The Bertz CT molecular complexity index is 819. The molecule has 1 N–H and O–H groups in total. The molecule has 5 heteroatoms. The van der Waals surface area contributed by atoms with Gasteiger partial charge in [0.15, 0.2) is 0 Å². The molecule has 28 heavy (non-hydrogen) atoms. The van der Waals surface area contributed by atoms with Gasteiger partial charge in [-0.2, -0.15) is 5.10 Å². The van der Waals surface area contributed by atoms with Crippen LogP contribution in [-0.2, 0) is 14.9 Å². The Kier molecular flexibility index (Phi) is 6.23. The summed E-state index contributed by atoms with van der Waals surface area (Å²) >= 11 is 0. The van der Waals surface area contributed by atoms with E-state index in [1.807, 2.05) is 24.6 Å². The zero-order valence-corrected chi connectivity index (χ0v) is 17.8. The highest BCUT2D eigenvalue weighted by Gasteiger charge is 2.36. The Hall–Kier alpha value is -2.14. The molecule has 1 fully saturated rings. The van der Waals surface area contributed by atoms with Crippen molar-refractivity contribution in [3.8, 4) is 0 Å². The van der Waals surface area contributed by atoms with Crippen molar-refractivity contribution < 1.29 is 9.53 Å². The summed E-state index contributed by atoms with van der Waals surface area (Å²) in [6.45, 7) is 12.3. The summed E-state index contributed by atoms with van der Waals surface area (Å²) in [6, 6.07) is 10.4. The first kappa shape index (κ1) is 20.6. The molecule has 3 rings (SSSR count). The van der Waals surface area contributed by atoms with Crippen molar-refractivity contribution >= 4 is 5.91 Å². The molecule has 0 spiro atoms. The minimum Gasteiger partial charge on any atom is -0.381 e. The monoisotopic (exact) mass is 383 g/mol. The van der Waals surface area contributed by atoms with Gasteiger partial charge in [0.25, 0.3) is 0 Å². The summed E-state index contributed by atoms with van der Waals surface area (Å²) in [5.41, 5.74) is 4.43. The van der Waals surface area contributed by atoms with Crippen molar-refractivity contribution in [2.45, 2.75) is 58.9 Å². The van der Waals surface area contributed by atoms with Crippen molar-refractivity contribution in [3.05, 3.63) is 52.8 Å². The molecule has 1 unspecified atom stereocenters. The molecular weight excluding hydrogens is 350 g/mol. The largest absolute Gasteiger partial charge is 0.381 e. The molecule has 0 saturated carbocycles. The lowest BCUT2D eigenvalue weighted by molar-refractivity contribution is -0.126. The van der Waals surface area contributed by atoms with Crippen LogP contribution in [0, 0.1) is 26.7 Å². The number of nitrogens with zero attached hydrogens (tertiary/aromatic N) is 2. The number of amides is 1. The third kappa shape index (κ3) is 4.30. The number of ether oxygens (including phenoxy) is 1. The second-order valence-electron chi connectivity index (χ2n) is 8.54. The first-order valence-corrected chi connectivity index (χ1v) is 10.3. The third-order valence-corrected chi connectivity index (χ3v) is 5.89. The van der Waals surface area contributed by atoms with E-state index in [4.69, 9.17) is 4.74 Å². The zero-order valence-electron chi connectivity index (χ0n) is 17.8. The van der Waals surface area contributed by atoms with E-state index in [1.165, 1.54) is 11.1 Å². The molecule has 1 aromatic carbocycles. The average molecular weight is 384 g/mol. The maximum atomic E-state index is 13.2. The van der Waals surface area contributed by atoms with Crippen molar-refractivity contribution in [3.63, 3.8) is 0 Å². The van der Waals surface area contributed by atoms with Crippen molar-refractivity contribution in [2.75, 3.05) is 19.8 Å². The van der Waals surface area contributed by atoms with Gasteiger partial charge in [-0.1, -0.05) is 43.7 Å². The van der Waals surface area contributed by atoms with E-state index in [0.29, 0.717) is 6.54 Å². The molecule has 1 amide bonds. The fraction of sp³-hybridized carbons (Fsp3) is 0.565. The van der Waals surface area contributed by atoms with Gasteiger partial charge in [-0.3, -0.25) is 9.48 Å². The van der Waals surface area contributed by atoms with Crippen molar-refractivity contribution in [2.24, 2.45) is 5.92 Å². The second kappa shape index (κ2) is 8.48. The maximum absolute atomic E-state index is 13.2. The molecule has 0 aliphatic carbocycles. The fourth-order valence-electron chi connectivity index (χ4n) is 4.29. The van der Waals surface area contributed by atoms with Crippen LogP contribution in [0.1, 0.15) is 55.2 Å². The molecular formula is C23H33N3O2. The quantitative estimate of drug-likeness (QED) is 0.824. The maximum Gasteiger partial charge on any atom is 0.245 e. The molecule has 0 radical (unpaired) electrons. The van der Waals surface area contributed by atoms with Gasteiger partial charge in [-0.25, -0.2) is 0 Å². The molecule has 152 valence electrons. The van der Waals surface area contributed by atoms with Crippen LogP contribution in [0.25, 0.3) is 0 Å². The van der Waals surface area contributed by atoms with Crippen molar-refractivity contribution in [1.29, 1.82) is 0 Å². The van der Waals surface area contributed by atoms with Crippen LogP contribution in [0.4, 0.5) is 0 Å². The number of nitrogens with one attached hydrogen (secondary N) is 1. The highest BCUT2D eigenvalue weighted by Crippen LogP contribution is 2.35. The SMILES string of the molecule is Cc1cccc(C2(CNC(=O)C(C(C)C)n3nc(C)cc3C)CCOCC2)c1. The van der Waals surface area contributed by atoms with Crippen LogP contribution < -0.4 is 5.32 Å². The van der Waals surface area contributed by atoms with E-state index < -0.39 is 0 Å². The zero-order chi connectivity index (χ0) is 20.3. The van der Waals surface area contributed by atoms with Gasteiger partial charge in [-0.15, -0.1) is 0 Å². The number of hydrogen-bond acceptors (Lipinski definition) is 3. The number of aromatic nitrogens is 2. The lowest BCUT2D eigenvalue weighted by atomic mass is 9.73. The van der Waals surface area contributed by atoms with Crippen molar-refractivity contribution in [1.82, 2.24) is 15.1 Å². The smallest absolute Gasteiger partial charge is 0.245 e. The van der Waals surface area contributed by atoms with Gasteiger partial charge < -0.3 is 10.1 Å². The standard InChI is InChI=1S/C23H33N3O2/c1-16(2)21(26-19(5)14-18(4)25-26)22(27)24-15-23(9-11-28-12-10-23)20-8-6-7-17(3)13-20/h6-8,13-14,16,21H,9-12,15H2,1-5H3,(H,24,27). The minimum atomic E-state index is -0.303. The Morgan fingerprint density at radius 2 is 1.93 bits per heavy atom. The normalized spacial score (nSPS) is 17.5. The molecule has 1 aliphatic heterocycles. The first-order valence-electron chi connectivity index (χ1n) is 10.3. The molecule has 2 aromatic rings. The minimum absolute atomic E-state index is 0.0414. The lowest BCUT2D eigenvalue weighted by Gasteiger charge is -2.38. The van der Waals surface area contributed by atoms with Crippen LogP contribution in [0.15, 0.2) is 30.3 Å². The summed E-state index contributed by atoms with van der Waals surface area (Å²) in [5, 5.41) is 7.84. The van der Waals surface area contributed by atoms with Crippen LogP contribution in [0.3, 0.4) is 0 Å². The second-order valence-corrected chi connectivity index (χ2v) is 8.54. The van der Waals surface area contributed by atoms with Crippen LogP contribution >= 0.6 is 0 Å². The molecule has 0 bridgehead atoms. The van der Waals surface area contributed by atoms with Gasteiger partial charge in [0.1, 0.15) is 6.04 Å². The number of benzene rings is 1. The predicted molar refractivity (Wildman–Crippen MR) is 111 cm³/mol. The van der Waals surface area contributed by atoms with E-state index in [2.05, 4.69) is 55.5 Å². The number of aryl methyl sites for hydroxylation is 3. The molecule has 1 aromatic heterocycles. The Balaban J connectivity index is 1.82. The predicted octanol–water partition coefficient (Wildman–Crippen LogP) is 3.87. The van der Waals surface area contributed by atoms with Gasteiger partial charge in [0, 0.05) is 30.9 Å². The van der Waals surface area contributed by atoms with Gasteiger partial charge in [0.05, 0.1) is 5.69 Å². The van der Waals surface area contributed by atoms with E-state index in [-0.39, 0.29) is 23.3 Å². The fourth-order valence-corrected chi connectivity index (χ4v) is 4.29. The number of rotatable bonds is 6. The molecule has 2 heterocycles. The van der Waals surface area contributed by atoms with Gasteiger partial charge in [-0.05, 0) is 51.2 Å². The van der Waals surface area contributed by atoms with Crippen LogP contribution in [0.5, 0.6) is 0 Å². The first-order chi connectivity index (χ1) is 13.3. The van der Waals surface area contributed by atoms with E-state index in [9.17, 15) is 4.79 Å². The van der Waals surface area contributed by atoms with Crippen LogP contribution in [0.2, 0.25) is 0 Å². The summed E-state index contributed by atoms with van der Waals surface area (Å²) in [7, 11) is 0. The summed E-state index contributed by atoms with van der Waals surface area (Å²) < 4.78 is 7.50. The van der Waals surface area contributed by atoms with Gasteiger partial charge in [0.2, 0.25) is 5.91 Å². The third-order valence-electron chi connectivity index (χ3n) is 5.89. The lowest BCUT2D eigenvalue weighted by Crippen LogP contribution is -2.47. The Morgan fingerprint density at radius 3 is 2.50 bits per heavy atom. The number of hydrogen-bond donors (Lipinski definition) is 1. The summed E-state index contributed by atoms with van der Waals surface area (Å²) in [6.07, 6.45) is 1.84. The Labute approximate surface area is 168 Å². The molecule has 5 nitrogen and oxygen atoms in total. The average Bonchev–Trinajstić information content (AvgIpc) is 2.98. The van der Waals surface area contributed by atoms with Crippen LogP contribution in [-0.4, -0.2) is 35.4 Å². The van der Waals surface area contributed by atoms with E-state index in [1.54, 1.807) is 0 Å². The number of carbonyl (C=O) groups excluding carboxylic acids is 1. The Morgan fingerprint density at radius 1 is 1.21 bits per heavy atom. The highest BCUT2D eigenvalue weighted by molar-refractivity contribution is 5.80.